The van der Waals surface area contributed by atoms with E-state index in [0.29, 0.717) is 6.54 Å². The van der Waals surface area contributed by atoms with Crippen LogP contribution in [0.5, 0.6) is 0 Å². The molecule has 2 aromatic rings. The lowest BCUT2D eigenvalue weighted by molar-refractivity contribution is -0.914. The van der Waals surface area contributed by atoms with Gasteiger partial charge in [0.25, 0.3) is 5.91 Å². The quantitative estimate of drug-likeness (QED) is 0.710. The molecular formula is C21H26ClN4O2+. The summed E-state index contributed by atoms with van der Waals surface area (Å²) in [5.41, 5.74) is 2.09. The Bertz CT molecular complexity index is 807. The molecule has 2 aromatic carbocycles. The highest BCUT2D eigenvalue weighted by molar-refractivity contribution is 6.30. The fraction of sp³-hybridized carbons (Fsp3) is 0.333. The van der Waals surface area contributed by atoms with Gasteiger partial charge < -0.3 is 15.1 Å². The van der Waals surface area contributed by atoms with Crippen molar-refractivity contribution in [3.63, 3.8) is 0 Å². The molecule has 0 radical (unpaired) electrons. The van der Waals surface area contributed by atoms with E-state index < -0.39 is 6.03 Å². The highest BCUT2D eigenvalue weighted by atomic mass is 35.5. The van der Waals surface area contributed by atoms with Crippen LogP contribution in [0.3, 0.4) is 0 Å². The van der Waals surface area contributed by atoms with Gasteiger partial charge in [-0.15, -0.1) is 0 Å². The molecule has 0 aliphatic carbocycles. The Morgan fingerprint density at radius 3 is 2.50 bits per heavy atom. The van der Waals surface area contributed by atoms with Crippen molar-refractivity contribution in [2.24, 2.45) is 0 Å². The summed E-state index contributed by atoms with van der Waals surface area (Å²) in [6.45, 7) is 5.59. The molecule has 1 saturated heterocycles. The zero-order valence-corrected chi connectivity index (χ0v) is 16.7. The van der Waals surface area contributed by atoms with E-state index in [0.717, 1.165) is 42.5 Å². The first kappa shape index (κ1) is 20.2. The molecule has 3 amide bonds. The zero-order valence-electron chi connectivity index (χ0n) is 16.0. The summed E-state index contributed by atoms with van der Waals surface area (Å²) in [6.07, 6.45) is 0. The normalized spacial score (nSPS) is 15.7. The molecule has 0 spiro atoms. The highest BCUT2D eigenvalue weighted by Gasteiger charge is 2.30. The van der Waals surface area contributed by atoms with Crippen molar-refractivity contribution in [1.29, 1.82) is 0 Å². The Kier molecular flexibility index (Phi) is 6.90. The van der Waals surface area contributed by atoms with Gasteiger partial charge in [-0.05, 0) is 30.7 Å². The minimum atomic E-state index is -0.460. The fourth-order valence-corrected chi connectivity index (χ4v) is 3.57. The molecule has 0 unspecified atom stereocenters. The van der Waals surface area contributed by atoms with Crippen LogP contribution in [0.15, 0.2) is 54.6 Å². The Labute approximate surface area is 170 Å². The molecule has 3 rings (SSSR count). The Balaban J connectivity index is 1.44. The minimum Gasteiger partial charge on any atom is -0.360 e. The predicted molar refractivity (Wildman–Crippen MR) is 111 cm³/mol. The van der Waals surface area contributed by atoms with Crippen LogP contribution in [-0.2, 0) is 11.3 Å². The number of amides is 3. The summed E-state index contributed by atoms with van der Waals surface area (Å²) in [4.78, 5) is 27.9. The number of anilines is 1. The van der Waals surface area contributed by atoms with E-state index in [9.17, 15) is 9.59 Å². The minimum absolute atomic E-state index is 0.253. The van der Waals surface area contributed by atoms with Gasteiger partial charge in [-0.3, -0.25) is 10.1 Å². The third kappa shape index (κ3) is 5.47. The van der Waals surface area contributed by atoms with Crippen LogP contribution in [0.2, 0.25) is 5.02 Å². The third-order valence-electron chi connectivity index (χ3n) is 5.12. The van der Waals surface area contributed by atoms with Gasteiger partial charge in [0.05, 0.1) is 26.2 Å². The van der Waals surface area contributed by atoms with Crippen LogP contribution < -0.4 is 20.4 Å². The molecule has 0 bridgehead atoms. The summed E-state index contributed by atoms with van der Waals surface area (Å²) in [7, 11) is 0. The molecule has 1 fully saturated rings. The number of nitrogens with one attached hydrogen (secondary N) is 3. The van der Waals surface area contributed by atoms with Gasteiger partial charge in [0, 0.05) is 17.3 Å². The van der Waals surface area contributed by atoms with Crippen LogP contribution in [-0.4, -0.2) is 44.2 Å². The second kappa shape index (κ2) is 9.57. The van der Waals surface area contributed by atoms with Gasteiger partial charge >= 0.3 is 6.03 Å². The first-order chi connectivity index (χ1) is 13.5. The third-order valence-corrected chi connectivity index (χ3v) is 5.35. The van der Waals surface area contributed by atoms with Crippen molar-refractivity contribution >= 4 is 29.2 Å². The Morgan fingerprint density at radius 2 is 1.82 bits per heavy atom. The first-order valence-electron chi connectivity index (χ1n) is 9.50. The SMILES string of the molecule is C[C@@H](C(=O)NC(=O)NCc1ccccc1)[NH+]1CCN(c2cccc(Cl)c2)CC1. The second-order valence-corrected chi connectivity index (χ2v) is 7.44. The summed E-state index contributed by atoms with van der Waals surface area (Å²) in [5, 5.41) is 5.90. The van der Waals surface area contributed by atoms with Crippen LogP contribution in [0.25, 0.3) is 0 Å². The number of nitrogens with zero attached hydrogens (tertiary/aromatic N) is 1. The number of imide groups is 1. The average molecular weight is 402 g/mol. The number of piperazine rings is 1. The van der Waals surface area contributed by atoms with E-state index in [1.54, 1.807) is 0 Å². The lowest BCUT2D eigenvalue weighted by Gasteiger charge is -2.36. The number of quaternary nitrogens is 1. The van der Waals surface area contributed by atoms with Crippen molar-refractivity contribution in [3.8, 4) is 0 Å². The van der Waals surface area contributed by atoms with Gasteiger partial charge in [0.15, 0.2) is 6.04 Å². The Hall–Kier alpha value is -2.57. The van der Waals surface area contributed by atoms with E-state index in [1.807, 2.05) is 61.5 Å². The van der Waals surface area contributed by atoms with Crippen molar-refractivity contribution < 1.29 is 14.5 Å². The molecule has 6 nitrogen and oxygen atoms in total. The lowest BCUT2D eigenvalue weighted by Crippen LogP contribution is -3.19. The number of benzene rings is 2. The topological polar surface area (TPSA) is 65.9 Å². The first-order valence-corrected chi connectivity index (χ1v) is 9.88. The number of hydrogen-bond donors (Lipinski definition) is 3. The van der Waals surface area contributed by atoms with E-state index in [2.05, 4.69) is 15.5 Å². The number of carbonyl (C=O) groups excluding carboxylic acids is 2. The molecule has 148 valence electrons. The maximum Gasteiger partial charge on any atom is 0.321 e. The molecule has 1 aliphatic rings. The Morgan fingerprint density at radius 1 is 1.11 bits per heavy atom. The molecule has 3 N–H and O–H groups in total. The summed E-state index contributed by atoms with van der Waals surface area (Å²) >= 11 is 6.08. The largest absolute Gasteiger partial charge is 0.360 e. The van der Waals surface area contributed by atoms with E-state index in [4.69, 9.17) is 11.6 Å². The van der Waals surface area contributed by atoms with Gasteiger partial charge in [0.1, 0.15) is 0 Å². The zero-order chi connectivity index (χ0) is 19.9. The van der Waals surface area contributed by atoms with Crippen LogP contribution in [0, 0.1) is 0 Å². The molecule has 0 aromatic heterocycles. The van der Waals surface area contributed by atoms with Crippen LogP contribution in [0.4, 0.5) is 10.5 Å². The van der Waals surface area contributed by atoms with Crippen molar-refractivity contribution in [1.82, 2.24) is 10.6 Å². The standard InChI is InChI=1S/C21H25ClN4O2/c1-16(20(27)24-21(28)23-15-17-6-3-2-4-7-17)25-10-12-26(13-11-25)19-9-5-8-18(22)14-19/h2-9,14,16H,10-13,15H2,1H3,(H2,23,24,27,28)/p+1/t16-/m0/s1. The molecule has 1 heterocycles. The predicted octanol–water partition coefficient (Wildman–Crippen LogP) is 1.46. The highest BCUT2D eigenvalue weighted by Crippen LogP contribution is 2.19. The number of halogens is 1. The summed E-state index contributed by atoms with van der Waals surface area (Å²) in [5.74, 6) is -0.253. The second-order valence-electron chi connectivity index (χ2n) is 7.00. The molecular weight excluding hydrogens is 376 g/mol. The van der Waals surface area contributed by atoms with Crippen LogP contribution >= 0.6 is 11.6 Å². The average Bonchev–Trinajstić information content (AvgIpc) is 2.72. The van der Waals surface area contributed by atoms with Crippen molar-refractivity contribution in [2.45, 2.75) is 19.5 Å². The number of urea groups is 1. The molecule has 1 atom stereocenters. The van der Waals surface area contributed by atoms with Gasteiger partial charge in [-0.2, -0.15) is 0 Å². The maximum atomic E-state index is 12.4. The van der Waals surface area contributed by atoms with Gasteiger partial charge in [-0.25, -0.2) is 4.79 Å². The molecule has 1 aliphatic heterocycles. The van der Waals surface area contributed by atoms with Gasteiger partial charge in [-0.1, -0.05) is 48.0 Å². The van der Waals surface area contributed by atoms with E-state index in [1.165, 1.54) is 4.90 Å². The van der Waals surface area contributed by atoms with Crippen molar-refractivity contribution in [2.75, 3.05) is 31.1 Å². The van der Waals surface area contributed by atoms with Crippen molar-refractivity contribution in [3.05, 3.63) is 65.2 Å². The smallest absolute Gasteiger partial charge is 0.321 e. The number of carbonyl (C=O) groups is 2. The molecule has 7 heteroatoms. The fourth-order valence-electron chi connectivity index (χ4n) is 3.39. The van der Waals surface area contributed by atoms with Gasteiger partial charge in [0.2, 0.25) is 0 Å². The molecule has 28 heavy (non-hydrogen) atoms. The van der Waals surface area contributed by atoms with E-state index in [-0.39, 0.29) is 11.9 Å². The summed E-state index contributed by atoms with van der Waals surface area (Å²) < 4.78 is 0. The van der Waals surface area contributed by atoms with E-state index >= 15 is 0 Å². The molecule has 0 saturated carbocycles. The maximum absolute atomic E-state index is 12.4. The number of rotatable bonds is 5. The van der Waals surface area contributed by atoms with Crippen LogP contribution in [0.1, 0.15) is 12.5 Å². The lowest BCUT2D eigenvalue weighted by atomic mass is 10.2. The number of hydrogen-bond acceptors (Lipinski definition) is 3. The summed E-state index contributed by atoms with van der Waals surface area (Å²) in [6, 6.07) is 16.7. The monoisotopic (exact) mass is 401 g/mol.